The van der Waals surface area contributed by atoms with Gasteiger partial charge in [-0.1, -0.05) is 6.92 Å². The molecule has 5 heteroatoms. The van der Waals surface area contributed by atoms with Crippen molar-refractivity contribution in [3.8, 4) is 0 Å². The van der Waals surface area contributed by atoms with E-state index in [4.69, 9.17) is 0 Å². The van der Waals surface area contributed by atoms with Crippen molar-refractivity contribution in [1.82, 2.24) is 14.8 Å². The predicted molar refractivity (Wildman–Crippen MR) is 60.6 cm³/mol. The molecule has 0 amide bonds. The molecule has 3 atom stereocenters. The van der Waals surface area contributed by atoms with E-state index in [-0.39, 0.29) is 11.8 Å². The second kappa shape index (κ2) is 3.82. The number of hydrogen-bond donors (Lipinski definition) is 1. The zero-order valence-electron chi connectivity index (χ0n) is 9.91. The lowest BCUT2D eigenvalue weighted by molar-refractivity contribution is -0.142. The van der Waals surface area contributed by atoms with Crippen molar-refractivity contribution in [1.29, 1.82) is 0 Å². The molecule has 0 aromatic carbocycles. The van der Waals surface area contributed by atoms with Gasteiger partial charge in [0.15, 0.2) is 0 Å². The molecule has 3 rings (SSSR count). The number of aromatic nitrogens is 3. The largest absolute Gasteiger partial charge is 0.481 e. The van der Waals surface area contributed by atoms with Crippen molar-refractivity contribution in [2.75, 3.05) is 0 Å². The predicted octanol–water partition coefficient (Wildman–Crippen LogP) is 1.83. The van der Waals surface area contributed by atoms with Gasteiger partial charge in [0.25, 0.3) is 0 Å². The molecule has 92 valence electrons. The van der Waals surface area contributed by atoms with E-state index in [1.165, 1.54) is 12.8 Å². The normalized spacial score (nSPS) is 32.9. The zero-order chi connectivity index (χ0) is 12.0. The van der Waals surface area contributed by atoms with Gasteiger partial charge in [-0.3, -0.25) is 4.79 Å². The van der Waals surface area contributed by atoms with Crippen LogP contribution in [0.25, 0.3) is 0 Å². The maximum absolute atomic E-state index is 11.3. The molecular formula is C12H17N3O2. The Morgan fingerprint density at radius 3 is 2.88 bits per heavy atom. The summed E-state index contributed by atoms with van der Waals surface area (Å²) in [7, 11) is 0. The van der Waals surface area contributed by atoms with Gasteiger partial charge in [0.1, 0.15) is 12.2 Å². The van der Waals surface area contributed by atoms with E-state index in [0.717, 1.165) is 18.7 Å². The van der Waals surface area contributed by atoms with Crippen molar-refractivity contribution in [3.05, 3.63) is 12.2 Å². The highest BCUT2D eigenvalue weighted by Gasteiger charge is 2.41. The highest BCUT2D eigenvalue weighted by atomic mass is 16.4. The number of aliphatic carboxylic acids is 1. The summed E-state index contributed by atoms with van der Waals surface area (Å²) in [5.41, 5.74) is 0. The lowest BCUT2D eigenvalue weighted by Crippen LogP contribution is -2.19. The van der Waals surface area contributed by atoms with Gasteiger partial charge in [0.2, 0.25) is 0 Å². The molecule has 5 nitrogen and oxygen atoms in total. The van der Waals surface area contributed by atoms with Crippen molar-refractivity contribution in [3.63, 3.8) is 0 Å². The molecule has 17 heavy (non-hydrogen) atoms. The maximum Gasteiger partial charge on any atom is 0.307 e. The second-order valence-electron chi connectivity index (χ2n) is 5.46. The van der Waals surface area contributed by atoms with Crippen molar-refractivity contribution in [2.24, 2.45) is 11.8 Å². The van der Waals surface area contributed by atoms with Gasteiger partial charge in [-0.2, -0.15) is 0 Å². The minimum absolute atomic E-state index is 0.0469. The highest BCUT2D eigenvalue weighted by Crippen LogP contribution is 2.45. The van der Waals surface area contributed by atoms with Gasteiger partial charge in [0.05, 0.1) is 5.92 Å². The fraction of sp³-hybridized carbons (Fsp3) is 0.750. The molecular weight excluding hydrogens is 218 g/mol. The first-order valence-electron chi connectivity index (χ1n) is 6.29. The molecule has 1 aromatic heterocycles. The zero-order valence-corrected chi connectivity index (χ0v) is 9.91. The first-order valence-corrected chi connectivity index (χ1v) is 6.29. The highest BCUT2D eigenvalue weighted by molar-refractivity contribution is 5.71. The van der Waals surface area contributed by atoms with Crippen LogP contribution >= 0.6 is 0 Å². The van der Waals surface area contributed by atoms with Gasteiger partial charge < -0.3 is 9.67 Å². The lowest BCUT2D eigenvalue weighted by Gasteiger charge is -2.15. The summed E-state index contributed by atoms with van der Waals surface area (Å²) in [5, 5.41) is 17.4. The Hall–Kier alpha value is -1.39. The summed E-state index contributed by atoms with van der Waals surface area (Å²) in [4.78, 5) is 11.3. The first kappa shape index (κ1) is 10.7. The molecule has 0 spiro atoms. The number of hydrogen-bond acceptors (Lipinski definition) is 3. The molecule has 1 aromatic rings. The minimum atomic E-state index is -0.690. The van der Waals surface area contributed by atoms with E-state index in [1.54, 1.807) is 6.33 Å². The van der Waals surface area contributed by atoms with Crippen LogP contribution in [0.5, 0.6) is 0 Å². The third-order valence-corrected chi connectivity index (χ3v) is 3.99. The number of nitrogens with zero attached hydrogens (tertiary/aromatic N) is 3. The van der Waals surface area contributed by atoms with Gasteiger partial charge >= 0.3 is 5.97 Å². The fourth-order valence-electron chi connectivity index (χ4n) is 3.00. The van der Waals surface area contributed by atoms with Crippen LogP contribution in [0.2, 0.25) is 0 Å². The van der Waals surface area contributed by atoms with E-state index in [1.807, 2.05) is 0 Å². The molecule has 1 N–H and O–H groups in total. The molecule has 3 unspecified atom stereocenters. The van der Waals surface area contributed by atoms with E-state index < -0.39 is 5.97 Å². The number of carboxylic acid groups (broad SMARTS) is 1. The SMILES string of the molecule is CC1CC(C(=O)O)C(c2nncn2C2CC2)C1. The number of rotatable bonds is 3. The lowest BCUT2D eigenvalue weighted by atomic mass is 9.95. The van der Waals surface area contributed by atoms with Crippen LogP contribution in [0.4, 0.5) is 0 Å². The monoisotopic (exact) mass is 235 g/mol. The van der Waals surface area contributed by atoms with Crippen LogP contribution in [0.15, 0.2) is 6.33 Å². The number of carbonyl (C=O) groups is 1. The Morgan fingerprint density at radius 2 is 2.24 bits per heavy atom. The van der Waals surface area contributed by atoms with Crippen molar-refractivity contribution < 1.29 is 9.90 Å². The Labute approximate surface area is 99.9 Å². The molecule has 1 heterocycles. The third-order valence-electron chi connectivity index (χ3n) is 3.99. The van der Waals surface area contributed by atoms with Crippen LogP contribution in [0.1, 0.15) is 50.4 Å². The fourth-order valence-corrected chi connectivity index (χ4v) is 3.00. The molecule has 0 radical (unpaired) electrons. The summed E-state index contributed by atoms with van der Waals surface area (Å²) in [6.45, 7) is 2.12. The molecule has 2 fully saturated rings. The first-order chi connectivity index (χ1) is 8.16. The van der Waals surface area contributed by atoms with Crippen LogP contribution in [-0.4, -0.2) is 25.8 Å². The Morgan fingerprint density at radius 1 is 1.47 bits per heavy atom. The average Bonchev–Trinajstić information content (AvgIpc) is 2.87. The molecule has 2 saturated carbocycles. The summed E-state index contributed by atoms with van der Waals surface area (Å²) in [6.07, 6.45) is 5.78. The quantitative estimate of drug-likeness (QED) is 0.867. The Balaban J connectivity index is 1.91. The molecule has 2 aliphatic carbocycles. The van der Waals surface area contributed by atoms with E-state index in [0.29, 0.717) is 12.0 Å². The van der Waals surface area contributed by atoms with Crippen LogP contribution < -0.4 is 0 Å². The van der Waals surface area contributed by atoms with Gasteiger partial charge in [-0.25, -0.2) is 0 Å². The summed E-state index contributed by atoms with van der Waals surface area (Å²) in [5.74, 6) is 0.428. The third kappa shape index (κ3) is 1.83. The molecule has 0 bridgehead atoms. The Bertz CT molecular complexity index is 439. The van der Waals surface area contributed by atoms with Crippen LogP contribution in [-0.2, 0) is 4.79 Å². The van der Waals surface area contributed by atoms with Gasteiger partial charge in [-0.05, 0) is 31.6 Å². The summed E-state index contributed by atoms with van der Waals surface area (Å²) < 4.78 is 2.10. The standard InChI is InChI=1S/C12H17N3O2/c1-7-4-9(10(5-7)12(16)17)11-14-13-6-15(11)8-2-3-8/h6-10H,2-5H2,1H3,(H,16,17). The second-order valence-corrected chi connectivity index (χ2v) is 5.46. The van der Waals surface area contributed by atoms with Crippen molar-refractivity contribution in [2.45, 2.75) is 44.6 Å². The van der Waals surface area contributed by atoms with E-state index in [2.05, 4.69) is 21.7 Å². The average molecular weight is 235 g/mol. The van der Waals surface area contributed by atoms with Crippen LogP contribution in [0, 0.1) is 11.8 Å². The molecule has 0 saturated heterocycles. The van der Waals surface area contributed by atoms with Gasteiger partial charge in [-0.15, -0.1) is 10.2 Å². The van der Waals surface area contributed by atoms with Gasteiger partial charge in [0, 0.05) is 12.0 Å². The summed E-state index contributed by atoms with van der Waals surface area (Å²) in [6, 6.07) is 0.519. The van der Waals surface area contributed by atoms with Crippen molar-refractivity contribution >= 4 is 5.97 Å². The molecule has 2 aliphatic rings. The summed E-state index contributed by atoms with van der Waals surface area (Å²) >= 11 is 0. The van der Waals surface area contributed by atoms with E-state index >= 15 is 0 Å². The topological polar surface area (TPSA) is 68.0 Å². The molecule has 0 aliphatic heterocycles. The number of carboxylic acids is 1. The Kier molecular flexibility index (Phi) is 2.42. The smallest absolute Gasteiger partial charge is 0.307 e. The maximum atomic E-state index is 11.3. The van der Waals surface area contributed by atoms with Crippen LogP contribution in [0.3, 0.4) is 0 Å². The minimum Gasteiger partial charge on any atom is -0.481 e. The van der Waals surface area contributed by atoms with E-state index in [9.17, 15) is 9.90 Å².